The van der Waals surface area contributed by atoms with Crippen LogP contribution in [0.25, 0.3) is 0 Å². The van der Waals surface area contributed by atoms with Crippen molar-refractivity contribution in [1.29, 1.82) is 0 Å². The lowest BCUT2D eigenvalue weighted by Crippen LogP contribution is -2.05. The Morgan fingerprint density at radius 2 is 1.94 bits per heavy atom. The van der Waals surface area contributed by atoms with Crippen molar-refractivity contribution in [3.8, 4) is 0 Å². The Hall–Kier alpha value is -1.74. The van der Waals surface area contributed by atoms with Crippen LogP contribution in [0.15, 0.2) is 36.7 Å². The summed E-state index contributed by atoms with van der Waals surface area (Å²) in [6, 6.07) is 7.56. The average molecular weight is 214 g/mol. The van der Waals surface area contributed by atoms with Gasteiger partial charge in [-0.15, -0.1) is 0 Å². The molecule has 3 heteroatoms. The molecule has 2 rings (SSSR count). The Kier molecular flexibility index (Phi) is 2.97. The lowest BCUT2D eigenvalue weighted by atomic mass is 10.0. The number of hydrogen-bond donors (Lipinski definition) is 1. The zero-order valence-electron chi connectivity index (χ0n) is 9.38. The molecule has 2 aromatic heterocycles. The van der Waals surface area contributed by atoms with Gasteiger partial charge in [-0.25, -0.2) is 0 Å². The number of rotatable bonds is 2. The molecule has 2 aromatic rings. The van der Waals surface area contributed by atoms with Crippen molar-refractivity contribution >= 4 is 0 Å². The molecule has 0 fully saturated rings. The second kappa shape index (κ2) is 4.41. The fourth-order valence-corrected chi connectivity index (χ4v) is 1.58. The summed E-state index contributed by atoms with van der Waals surface area (Å²) in [4.78, 5) is 8.37. The van der Waals surface area contributed by atoms with E-state index in [1.807, 2.05) is 38.1 Å². The molecule has 2 heterocycles. The number of nitrogens with zero attached hydrogens (tertiary/aromatic N) is 2. The fraction of sp³-hybridized carbons (Fsp3) is 0.231. The zero-order valence-corrected chi connectivity index (χ0v) is 9.38. The molecule has 0 saturated heterocycles. The third kappa shape index (κ3) is 2.09. The third-order valence-corrected chi connectivity index (χ3v) is 2.56. The molecule has 0 radical (unpaired) electrons. The highest BCUT2D eigenvalue weighted by atomic mass is 16.3. The predicted octanol–water partition coefficient (Wildman–Crippen LogP) is 2.18. The molecular weight excluding hydrogens is 200 g/mol. The Bertz CT molecular complexity index is 480. The summed E-state index contributed by atoms with van der Waals surface area (Å²) in [7, 11) is 0. The Morgan fingerprint density at radius 3 is 2.56 bits per heavy atom. The quantitative estimate of drug-likeness (QED) is 0.833. The maximum atomic E-state index is 10.2. The van der Waals surface area contributed by atoms with Crippen LogP contribution in [0, 0.1) is 13.8 Å². The van der Waals surface area contributed by atoms with E-state index in [4.69, 9.17) is 0 Å². The van der Waals surface area contributed by atoms with E-state index in [1.54, 1.807) is 12.4 Å². The smallest absolute Gasteiger partial charge is 0.123 e. The van der Waals surface area contributed by atoms with E-state index in [-0.39, 0.29) is 0 Å². The molecular formula is C13H14N2O. The van der Waals surface area contributed by atoms with Crippen LogP contribution in [0.1, 0.15) is 28.6 Å². The number of aromatic nitrogens is 2. The first-order chi connectivity index (χ1) is 7.68. The minimum Gasteiger partial charge on any atom is -0.382 e. The van der Waals surface area contributed by atoms with Crippen molar-refractivity contribution < 1.29 is 5.11 Å². The molecule has 82 valence electrons. The lowest BCUT2D eigenvalue weighted by molar-refractivity contribution is 0.214. The monoisotopic (exact) mass is 214 g/mol. The molecule has 3 nitrogen and oxygen atoms in total. The van der Waals surface area contributed by atoms with Gasteiger partial charge in [-0.2, -0.15) is 0 Å². The van der Waals surface area contributed by atoms with Crippen molar-refractivity contribution in [2.45, 2.75) is 20.0 Å². The van der Waals surface area contributed by atoms with Crippen molar-refractivity contribution in [2.24, 2.45) is 0 Å². The Morgan fingerprint density at radius 1 is 1.12 bits per heavy atom. The number of aryl methyl sites for hydroxylation is 2. The van der Waals surface area contributed by atoms with Crippen LogP contribution in [0.2, 0.25) is 0 Å². The van der Waals surface area contributed by atoms with Gasteiger partial charge in [0.15, 0.2) is 0 Å². The number of pyridine rings is 2. The summed E-state index contributed by atoms with van der Waals surface area (Å²) in [5, 5.41) is 10.2. The van der Waals surface area contributed by atoms with Crippen molar-refractivity contribution in [3.05, 3.63) is 59.2 Å². The summed E-state index contributed by atoms with van der Waals surface area (Å²) >= 11 is 0. The van der Waals surface area contributed by atoms with Crippen LogP contribution in [-0.4, -0.2) is 15.1 Å². The minimum absolute atomic E-state index is 0.688. The molecule has 0 saturated carbocycles. The molecule has 0 amide bonds. The molecule has 0 aliphatic rings. The van der Waals surface area contributed by atoms with E-state index in [1.165, 1.54) is 0 Å². The van der Waals surface area contributed by atoms with Crippen LogP contribution in [0.4, 0.5) is 0 Å². The maximum Gasteiger partial charge on any atom is 0.123 e. The number of aliphatic hydroxyl groups is 1. The molecule has 0 aliphatic heterocycles. The van der Waals surface area contributed by atoms with Crippen LogP contribution < -0.4 is 0 Å². The van der Waals surface area contributed by atoms with Crippen LogP contribution in [0.5, 0.6) is 0 Å². The summed E-state index contributed by atoms with van der Waals surface area (Å²) in [5.41, 5.74) is 3.38. The Labute approximate surface area is 94.8 Å². The zero-order chi connectivity index (χ0) is 11.5. The first-order valence-electron chi connectivity index (χ1n) is 5.20. The lowest BCUT2D eigenvalue weighted by Gasteiger charge is -2.12. The van der Waals surface area contributed by atoms with E-state index in [2.05, 4.69) is 9.97 Å². The fourth-order valence-electron chi connectivity index (χ4n) is 1.58. The van der Waals surface area contributed by atoms with E-state index >= 15 is 0 Å². The highest BCUT2D eigenvalue weighted by Gasteiger charge is 2.13. The van der Waals surface area contributed by atoms with Gasteiger partial charge < -0.3 is 5.11 Å². The van der Waals surface area contributed by atoms with Crippen LogP contribution in [0.3, 0.4) is 0 Å². The molecule has 0 bridgehead atoms. The van der Waals surface area contributed by atoms with Crippen LogP contribution >= 0.6 is 0 Å². The standard InChI is InChI=1S/C13H14N2O/c1-9-4-3-7-14-12(9)13(16)11-6-5-10(2)15-8-11/h3-8,13,16H,1-2H3. The van der Waals surface area contributed by atoms with Gasteiger partial charge in [0.2, 0.25) is 0 Å². The van der Waals surface area contributed by atoms with Gasteiger partial charge in [0, 0.05) is 23.7 Å². The van der Waals surface area contributed by atoms with Gasteiger partial charge in [-0.1, -0.05) is 12.1 Å². The molecule has 0 spiro atoms. The number of aliphatic hydroxyl groups excluding tert-OH is 1. The highest BCUT2D eigenvalue weighted by molar-refractivity contribution is 5.29. The first kappa shape index (κ1) is 10.8. The van der Waals surface area contributed by atoms with Gasteiger partial charge in [-0.3, -0.25) is 9.97 Å². The van der Waals surface area contributed by atoms with E-state index in [9.17, 15) is 5.11 Å². The summed E-state index contributed by atoms with van der Waals surface area (Å²) in [6.45, 7) is 3.86. The topological polar surface area (TPSA) is 46.0 Å². The highest BCUT2D eigenvalue weighted by Crippen LogP contribution is 2.21. The Balaban J connectivity index is 2.35. The van der Waals surface area contributed by atoms with E-state index in [0.29, 0.717) is 5.69 Å². The predicted molar refractivity (Wildman–Crippen MR) is 62.0 cm³/mol. The molecule has 0 aromatic carbocycles. The van der Waals surface area contributed by atoms with Gasteiger partial charge in [0.25, 0.3) is 0 Å². The molecule has 0 aliphatic carbocycles. The first-order valence-corrected chi connectivity index (χ1v) is 5.20. The summed E-state index contributed by atoms with van der Waals surface area (Å²) < 4.78 is 0. The molecule has 1 atom stereocenters. The number of hydrogen-bond acceptors (Lipinski definition) is 3. The van der Waals surface area contributed by atoms with E-state index in [0.717, 1.165) is 16.8 Å². The average Bonchev–Trinajstić information content (AvgIpc) is 2.30. The second-order valence-corrected chi connectivity index (χ2v) is 3.84. The SMILES string of the molecule is Cc1ccc(C(O)c2ncccc2C)cn1. The van der Waals surface area contributed by atoms with Gasteiger partial charge in [0.1, 0.15) is 6.10 Å². The van der Waals surface area contributed by atoms with Crippen molar-refractivity contribution in [1.82, 2.24) is 9.97 Å². The third-order valence-electron chi connectivity index (χ3n) is 2.56. The summed E-state index contributed by atoms with van der Waals surface area (Å²) in [5.74, 6) is 0. The van der Waals surface area contributed by atoms with Crippen LogP contribution in [-0.2, 0) is 0 Å². The van der Waals surface area contributed by atoms with E-state index < -0.39 is 6.10 Å². The maximum absolute atomic E-state index is 10.2. The minimum atomic E-state index is -0.700. The normalized spacial score (nSPS) is 12.4. The van der Waals surface area contributed by atoms with Gasteiger partial charge in [-0.05, 0) is 31.5 Å². The summed E-state index contributed by atoms with van der Waals surface area (Å²) in [6.07, 6.45) is 2.68. The van der Waals surface area contributed by atoms with Gasteiger partial charge >= 0.3 is 0 Å². The van der Waals surface area contributed by atoms with Gasteiger partial charge in [0.05, 0.1) is 5.69 Å². The molecule has 16 heavy (non-hydrogen) atoms. The van der Waals surface area contributed by atoms with Crippen molar-refractivity contribution in [3.63, 3.8) is 0 Å². The second-order valence-electron chi connectivity index (χ2n) is 3.84. The van der Waals surface area contributed by atoms with Crippen molar-refractivity contribution in [2.75, 3.05) is 0 Å². The molecule has 1 unspecified atom stereocenters. The largest absolute Gasteiger partial charge is 0.382 e. The molecule has 1 N–H and O–H groups in total.